The minimum atomic E-state index is -1.13. The van der Waals surface area contributed by atoms with Gasteiger partial charge in [0.15, 0.2) is 17.7 Å². The van der Waals surface area contributed by atoms with Crippen molar-refractivity contribution in [3.8, 4) is 11.5 Å². The summed E-state index contributed by atoms with van der Waals surface area (Å²) in [5.74, 6) is 0.191. The maximum Gasteiger partial charge on any atom is 0.337 e. The SMILES string of the molecule is CCOc1cc([C@@H]2NC(=O)NC(C)=C2C(=O)OC)ccc1OC[C@@H](O)N/N=C\c1c(C)n(Cc2ccc(Cl)cc2)c2ccccc12. The summed E-state index contributed by atoms with van der Waals surface area (Å²) >= 11 is 6.07. The van der Waals surface area contributed by atoms with E-state index in [0.717, 1.165) is 27.7 Å². The van der Waals surface area contributed by atoms with Crippen LogP contribution in [0.5, 0.6) is 11.5 Å². The van der Waals surface area contributed by atoms with Gasteiger partial charge in [-0.3, -0.25) is 5.43 Å². The zero-order valence-electron chi connectivity index (χ0n) is 26.0. The van der Waals surface area contributed by atoms with Gasteiger partial charge >= 0.3 is 12.0 Å². The van der Waals surface area contributed by atoms with Gasteiger partial charge in [-0.05, 0) is 62.2 Å². The number of nitrogens with zero attached hydrogens (tertiary/aromatic N) is 2. The molecule has 5 rings (SSSR count). The van der Waals surface area contributed by atoms with E-state index in [-0.39, 0.29) is 12.2 Å². The number of para-hydroxylation sites is 1. The number of benzene rings is 3. The Hall–Kier alpha value is -5.00. The number of halogens is 1. The summed E-state index contributed by atoms with van der Waals surface area (Å²) in [6.45, 7) is 6.38. The Balaban J connectivity index is 1.28. The molecule has 0 saturated heterocycles. The van der Waals surface area contributed by atoms with Gasteiger partial charge in [0, 0.05) is 39.4 Å². The molecule has 11 nitrogen and oxygen atoms in total. The molecule has 4 N–H and O–H groups in total. The lowest BCUT2D eigenvalue weighted by atomic mass is 9.95. The van der Waals surface area contributed by atoms with Crippen LogP contribution in [-0.4, -0.2) is 54.4 Å². The van der Waals surface area contributed by atoms with Crippen LogP contribution < -0.4 is 25.5 Å². The average molecular weight is 646 g/mol. The van der Waals surface area contributed by atoms with Crippen molar-refractivity contribution in [2.24, 2.45) is 5.10 Å². The molecule has 46 heavy (non-hydrogen) atoms. The van der Waals surface area contributed by atoms with Crippen LogP contribution in [0, 0.1) is 6.92 Å². The van der Waals surface area contributed by atoms with Gasteiger partial charge in [-0.15, -0.1) is 0 Å². The molecule has 240 valence electrons. The van der Waals surface area contributed by atoms with Gasteiger partial charge in [-0.2, -0.15) is 5.10 Å². The molecule has 2 amide bonds. The zero-order valence-corrected chi connectivity index (χ0v) is 26.7. The van der Waals surface area contributed by atoms with E-state index in [0.29, 0.717) is 40.9 Å². The first kappa shape index (κ1) is 32.4. The summed E-state index contributed by atoms with van der Waals surface area (Å²) in [6, 6.07) is 19.7. The number of urea groups is 1. The van der Waals surface area contributed by atoms with Crippen molar-refractivity contribution in [1.82, 2.24) is 20.6 Å². The zero-order chi connectivity index (χ0) is 32.8. The van der Waals surface area contributed by atoms with E-state index in [1.54, 1.807) is 31.3 Å². The van der Waals surface area contributed by atoms with Crippen molar-refractivity contribution < 1.29 is 28.9 Å². The Kier molecular flexibility index (Phi) is 10.1. The van der Waals surface area contributed by atoms with Crippen LogP contribution in [0.4, 0.5) is 4.79 Å². The molecule has 0 radical (unpaired) electrons. The quantitative estimate of drug-likeness (QED) is 0.0722. The number of aliphatic hydroxyl groups excluding tert-OH is 1. The van der Waals surface area contributed by atoms with Crippen LogP contribution in [0.2, 0.25) is 5.02 Å². The number of hydrogen-bond donors (Lipinski definition) is 4. The van der Waals surface area contributed by atoms with Crippen molar-refractivity contribution in [2.75, 3.05) is 20.3 Å². The van der Waals surface area contributed by atoms with E-state index in [1.807, 2.05) is 56.3 Å². The number of hydrogen-bond acceptors (Lipinski definition) is 8. The van der Waals surface area contributed by atoms with Crippen LogP contribution in [0.3, 0.4) is 0 Å². The highest BCUT2D eigenvalue weighted by atomic mass is 35.5. The van der Waals surface area contributed by atoms with Crippen molar-refractivity contribution >= 4 is 40.7 Å². The first-order chi connectivity index (χ1) is 22.2. The van der Waals surface area contributed by atoms with E-state index in [4.69, 9.17) is 25.8 Å². The maximum absolute atomic E-state index is 12.5. The van der Waals surface area contributed by atoms with Crippen molar-refractivity contribution in [1.29, 1.82) is 0 Å². The predicted molar refractivity (Wildman–Crippen MR) is 176 cm³/mol. The van der Waals surface area contributed by atoms with Gasteiger partial charge < -0.3 is 34.5 Å². The van der Waals surface area contributed by atoms with Gasteiger partial charge in [0.05, 0.1) is 31.5 Å². The highest BCUT2D eigenvalue weighted by Gasteiger charge is 2.32. The number of fused-ring (bicyclic) bond motifs is 1. The molecule has 0 bridgehead atoms. The first-order valence-corrected chi connectivity index (χ1v) is 15.1. The molecule has 0 aliphatic carbocycles. The molecule has 4 aromatic rings. The third-order valence-corrected chi connectivity index (χ3v) is 7.87. The largest absolute Gasteiger partial charge is 0.490 e. The number of hydrazone groups is 1. The normalized spacial score (nSPS) is 15.4. The molecule has 2 heterocycles. The number of methoxy groups -OCH3 is 1. The second kappa shape index (κ2) is 14.4. The van der Waals surface area contributed by atoms with Crippen molar-refractivity contribution in [3.05, 3.63) is 105 Å². The molecule has 1 aliphatic rings. The molecule has 3 aromatic carbocycles. The third-order valence-electron chi connectivity index (χ3n) is 7.62. The van der Waals surface area contributed by atoms with E-state index in [2.05, 4.69) is 31.8 Å². The van der Waals surface area contributed by atoms with E-state index >= 15 is 0 Å². The lowest BCUT2D eigenvalue weighted by Crippen LogP contribution is -2.45. The molecule has 1 aromatic heterocycles. The van der Waals surface area contributed by atoms with Crippen LogP contribution in [0.15, 0.2) is 83.1 Å². The first-order valence-electron chi connectivity index (χ1n) is 14.7. The fourth-order valence-electron chi connectivity index (χ4n) is 5.41. The minimum absolute atomic E-state index is 0.134. The number of allylic oxidation sites excluding steroid dienone is 1. The Labute approximate surface area is 271 Å². The monoisotopic (exact) mass is 645 g/mol. The maximum atomic E-state index is 12.5. The molecule has 0 unspecified atom stereocenters. The topological polar surface area (TPSA) is 135 Å². The van der Waals surface area contributed by atoms with Crippen LogP contribution in [0.1, 0.15) is 42.3 Å². The minimum Gasteiger partial charge on any atom is -0.490 e. The number of esters is 1. The number of rotatable bonds is 12. The van der Waals surface area contributed by atoms with E-state index in [1.165, 1.54) is 7.11 Å². The second-order valence-electron chi connectivity index (χ2n) is 10.6. The highest BCUT2D eigenvalue weighted by Crippen LogP contribution is 2.35. The van der Waals surface area contributed by atoms with Gasteiger partial charge in [0.25, 0.3) is 0 Å². The number of amides is 2. The van der Waals surface area contributed by atoms with Gasteiger partial charge in [0.2, 0.25) is 0 Å². The molecule has 2 atom stereocenters. The number of aromatic nitrogens is 1. The standard InChI is InChI=1S/C34H36ClN5O6/c1-5-45-29-16-23(32-31(33(42)44-4)20(2)37-34(43)38-32)12-15-28(29)46-19-30(41)39-36-17-26-21(3)40(27-9-7-6-8-25(26)27)18-22-10-13-24(35)14-11-22/h6-17,30,32,39,41H,5,18-19H2,1-4H3,(H2,37,38,43)/b36-17-/t30-,32+/m1/s1. The highest BCUT2D eigenvalue weighted by molar-refractivity contribution is 6.30. The smallest absolute Gasteiger partial charge is 0.337 e. The van der Waals surface area contributed by atoms with Gasteiger partial charge in [-0.1, -0.05) is 48.0 Å². The summed E-state index contributed by atoms with van der Waals surface area (Å²) in [7, 11) is 1.28. The van der Waals surface area contributed by atoms with Crippen LogP contribution >= 0.6 is 11.6 Å². The lowest BCUT2D eigenvalue weighted by Gasteiger charge is -2.28. The predicted octanol–water partition coefficient (Wildman–Crippen LogP) is 5.17. The van der Waals surface area contributed by atoms with Gasteiger partial charge in [-0.25, -0.2) is 9.59 Å². The summed E-state index contributed by atoms with van der Waals surface area (Å²) in [5.41, 5.74) is 8.15. The number of aliphatic hydroxyl groups is 1. The Morgan fingerprint density at radius 3 is 2.61 bits per heavy atom. The van der Waals surface area contributed by atoms with Crippen molar-refractivity contribution in [2.45, 2.75) is 39.6 Å². The molecule has 12 heteroatoms. The molecular weight excluding hydrogens is 610 g/mol. The van der Waals surface area contributed by atoms with E-state index in [9.17, 15) is 14.7 Å². The van der Waals surface area contributed by atoms with Gasteiger partial charge in [0.1, 0.15) is 6.61 Å². The second-order valence-corrected chi connectivity index (χ2v) is 11.1. The molecule has 0 saturated carbocycles. The molecule has 0 spiro atoms. The van der Waals surface area contributed by atoms with Crippen LogP contribution in [-0.2, 0) is 16.1 Å². The summed E-state index contributed by atoms with van der Waals surface area (Å²) < 4.78 is 18.8. The summed E-state index contributed by atoms with van der Waals surface area (Å²) in [6.07, 6.45) is 0.565. The summed E-state index contributed by atoms with van der Waals surface area (Å²) in [5, 5.41) is 22.0. The molecule has 0 fully saturated rings. The number of carbonyl (C=O) groups is 2. The Bertz CT molecular complexity index is 1800. The summed E-state index contributed by atoms with van der Waals surface area (Å²) in [4.78, 5) is 24.7. The number of nitrogens with one attached hydrogen (secondary N) is 3. The number of carbonyl (C=O) groups excluding carboxylic acids is 2. The van der Waals surface area contributed by atoms with Crippen molar-refractivity contribution in [3.63, 3.8) is 0 Å². The van der Waals surface area contributed by atoms with E-state index < -0.39 is 24.3 Å². The number of ether oxygens (including phenoxy) is 3. The molecule has 1 aliphatic heterocycles. The molecular formula is C34H36ClN5O6. The Morgan fingerprint density at radius 2 is 1.87 bits per heavy atom. The lowest BCUT2D eigenvalue weighted by molar-refractivity contribution is -0.136. The fraction of sp³-hybridized carbons (Fsp3) is 0.265. The van der Waals surface area contributed by atoms with Crippen LogP contribution in [0.25, 0.3) is 10.9 Å². The fourth-order valence-corrected chi connectivity index (χ4v) is 5.53. The Morgan fingerprint density at radius 1 is 1.11 bits per heavy atom. The average Bonchev–Trinajstić information content (AvgIpc) is 3.30. The third kappa shape index (κ3) is 7.11.